The lowest BCUT2D eigenvalue weighted by atomic mass is 9.87. The molecule has 138 valence electrons. The molecule has 0 saturated carbocycles. The lowest BCUT2D eigenvalue weighted by Gasteiger charge is -2.26. The monoisotopic (exact) mass is 375 g/mol. The van der Waals surface area contributed by atoms with Gasteiger partial charge in [0.2, 0.25) is 5.88 Å². The van der Waals surface area contributed by atoms with Gasteiger partial charge in [0.05, 0.1) is 31.8 Å². The van der Waals surface area contributed by atoms with Gasteiger partial charge in [-0.25, -0.2) is 4.79 Å². The zero-order valence-electron chi connectivity index (χ0n) is 14.8. The van der Waals surface area contributed by atoms with E-state index in [9.17, 15) is 10.1 Å². The van der Waals surface area contributed by atoms with E-state index in [1.807, 2.05) is 6.07 Å². The number of carbonyl (C=O) groups excluding carboxylic acids is 1. The fraction of sp³-hybridized carbons (Fsp3) is 0.444. The molecule has 0 amide bonds. The number of nitrogens with two attached hydrogens (primary N) is 1. The van der Waals surface area contributed by atoms with Gasteiger partial charge in [0, 0.05) is 24.5 Å². The van der Waals surface area contributed by atoms with Crippen LogP contribution in [0, 0.1) is 11.3 Å². The van der Waals surface area contributed by atoms with Gasteiger partial charge in [0.1, 0.15) is 17.4 Å². The fourth-order valence-electron chi connectivity index (χ4n) is 3.19. The molecule has 3 heterocycles. The van der Waals surface area contributed by atoms with Crippen LogP contribution in [0.5, 0.6) is 0 Å². The predicted molar refractivity (Wildman–Crippen MR) is 95.8 cm³/mol. The van der Waals surface area contributed by atoms with Crippen LogP contribution in [0.4, 0.5) is 0 Å². The molecule has 2 aliphatic rings. The Morgan fingerprint density at radius 3 is 2.88 bits per heavy atom. The summed E-state index contributed by atoms with van der Waals surface area (Å²) in [6.07, 6.45) is 0. The highest BCUT2D eigenvalue weighted by Gasteiger charge is 2.37. The summed E-state index contributed by atoms with van der Waals surface area (Å²) in [5.41, 5.74) is 7.58. The molecule has 1 aromatic heterocycles. The second kappa shape index (κ2) is 7.91. The number of morpholine rings is 1. The summed E-state index contributed by atoms with van der Waals surface area (Å²) in [5, 5.41) is 11.6. The first-order chi connectivity index (χ1) is 12.5. The molecule has 1 atom stereocenters. The van der Waals surface area contributed by atoms with E-state index in [0.717, 1.165) is 43.3 Å². The maximum absolute atomic E-state index is 12.3. The first-order valence-corrected chi connectivity index (χ1v) is 9.17. The predicted octanol–water partition coefficient (Wildman–Crippen LogP) is 1.83. The summed E-state index contributed by atoms with van der Waals surface area (Å²) in [5.74, 6) is -0.687. The van der Waals surface area contributed by atoms with Gasteiger partial charge < -0.3 is 19.9 Å². The minimum absolute atomic E-state index is 0.0331. The summed E-state index contributed by atoms with van der Waals surface area (Å²) < 4.78 is 15.7. The van der Waals surface area contributed by atoms with Crippen molar-refractivity contribution in [1.82, 2.24) is 4.90 Å². The normalized spacial score (nSPS) is 21.3. The van der Waals surface area contributed by atoms with Gasteiger partial charge in [-0.2, -0.15) is 5.26 Å². The molecule has 1 saturated heterocycles. The molecule has 0 aromatic carbocycles. The van der Waals surface area contributed by atoms with Gasteiger partial charge in [0.25, 0.3) is 0 Å². The maximum atomic E-state index is 12.3. The third-order valence-corrected chi connectivity index (χ3v) is 5.53. The molecule has 0 aliphatic carbocycles. The average molecular weight is 375 g/mol. The van der Waals surface area contributed by atoms with E-state index in [-0.39, 0.29) is 11.5 Å². The molecule has 0 spiro atoms. The third kappa shape index (κ3) is 3.60. The number of nitrogens with zero attached hydrogens (tertiary/aromatic N) is 2. The van der Waals surface area contributed by atoms with Crippen molar-refractivity contribution in [3.05, 3.63) is 44.7 Å². The Balaban J connectivity index is 1.92. The number of thiophene rings is 1. The number of rotatable bonds is 4. The average Bonchev–Trinajstić information content (AvgIpc) is 3.09. The smallest absolute Gasteiger partial charge is 0.338 e. The van der Waals surface area contributed by atoms with Gasteiger partial charge in [-0.1, -0.05) is 0 Å². The van der Waals surface area contributed by atoms with Crippen LogP contribution in [0.25, 0.3) is 0 Å². The van der Waals surface area contributed by atoms with Crippen LogP contribution in [0.3, 0.4) is 0 Å². The molecule has 0 unspecified atom stereocenters. The molecule has 0 bridgehead atoms. The topological polar surface area (TPSA) is 97.8 Å². The fourth-order valence-corrected chi connectivity index (χ4v) is 4.21. The molecule has 2 aliphatic heterocycles. The van der Waals surface area contributed by atoms with Crippen LogP contribution in [0.1, 0.15) is 23.3 Å². The molecule has 1 fully saturated rings. The minimum Gasteiger partial charge on any atom is -0.466 e. The van der Waals surface area contributed by atoms with Crippen molar-refractivity contribution in [2.45, 2.75) is 19.4 Å². The van der Waals surface area contributed by atoms with E-state index in [2.05, 4.69) is 16.3 Å². The number of esters is 1. The van der Waals surface area contributed by atoms with Crippen molar-refractivity contribution in [3.8, 4) is 6.07 Å². The molecule has 1 aromatic rings. The largest absolute Gasteiger partial charge is 0.466 e. The lowest BCUT2D eigenvalue weighted by molar-refractivity contribution is -0.136. The highest BCUT2D eigenvalue weighted by molar-refractivity contribution is 7.10. The number of nitriles is 1. The van der Waals surface area contributed by atoms with Crippen molar-refractivity contribution in [2.24, 2.45) is 5.73 Å². The van der Waals surface area contributed by atoms with Gasteiger partial charge in [-0.05, 0) is 23.9 Å². The van der Waals surface area contributed by atoms with E-state index in [1.165, 1.54) is 18.4 Å². The molecule has 3 rings (SSSR count). The van der Waals surface area contributed by atoms with Crippen molar-refractivity contribution in [1.29, 1.82) is 5.26 Å². The maximum Gasteiger partial charge on any atom is 0.338 e. The second-order valence-corrected chi connectivity index (χ2v) is 7.07. The Labute approximate surface area is 156 Å². The van der Waals surface area contributed by atoms with Crippen LogP contribution in [0.15, 0.2) is 34.2 Å². The number of carbonyl (C=O) groups is 1. The highest BCUT2D eigenvalue weighted by atomic mass is 32.1. The van der Waals surface area contributed by atoms with Gasteiger partial charge in [0.15, 0.2) is 0 Å². The van der Waals surface area contributed by atoms with Crippen LogP contribution in [0.2, 0.25) is 0 Å². The zero-order valence-corrected chi connectivity index (χ0v) is 15.6. The van der Waals surface area contributed by atoms with Crippen molar-refractivity contribution in [3.63, 3.8) is 0 Å². The number of methoxy groups -OCH3 is 1. The Morgan fingerprint density at radius 2 is 2.23 bits per heavy atom. The second-order valence-electron chi connectivity index (χ2n) is 6.13. The van der Waals surface area contributed by atoms with Crippen LogP contribution in [-0.2, 0) is 25.5 Å². The number of hydrogen-bond donors (Lipinski definition) is 1. The van der Waals surface area contributed by atoms with Gasteiger partial charge >= 0.3 is 5.97 Å². The van der Waals surface area contributed by atoms with E-state index in [1.54, 1.807) is 6.92 Å². The molecule has 8 heteroatoms. The Hall–Kier alpha value is -2.34. The van der Waals surface area contributed by atoms with Crippen LogP contribution >= 0.6 is 11.3 Å². The van der Waals surface area contributed by atoms with E-state index >= 15 is 0 Å². The first kappa shape index (κ1) is 18.5. The summed E-state index contributed by atoms with van der Waals surface area (Å²) in [4.78, 5) is 15.5. The SMILES string of the molecule is COC(=O)C1=C(C)OC(N)=C(C#N)[C@@H]1c1cc(CN2CCOCC2)cs1. The van der Waals surface area contributed by atoms with Gasteiger partial charge in [-0.3, -0.25) is 4.90 Å². The standard InChI is InChI=1S/C18H21N3O4S/c1-11-15(18(22)23-2)16(13(8-19)17(20)25-11)14-7-12(10-26-14)9-21-3-5-24-6-4-21/h7,10,16H,3-6,9,20H2,1-2H3/t16-/m1/s1. The Kier molecular flexibility index (Phi) is 5.61. The number of hydrogen-bond acceptors (Lipinski definition) is 8. The number of ether oxygens (including phenoxy) is 3. The lowest BCUT2D eigenvalue weighted by Crippen LogP contribution is -2.35. The highest BCUT2D eigenvalue weighted by Crippen LogP contribution is 2.41. The van der Waals surface area contributed by atoms with Crippen molar-refractivity contribution < 1.29 is 19.0 Å². The first-order valence-electron chi connectivity index (χ1n) is 8.29. The van der Waals surface area contributed by atoms with Crippen molar-refractivity contribution >= 4 is 17.3 Å². The molecule has 26 heavy (non-hydrogen) atoms. The van der Waals surface area contributed by atoms with Crippen molar-refractivity contribution in [2.75, 3.05) is 33.4 Å². The molecule has 7 nitrogen and oxygen atoms in total. The summed E-state index contributed by atoms with van der Waals surface area (Å²) in [6.45, 7) is 5.73. The summed E-state index contributed by atoms with van der Waals surface area (Å²) in [7, 11) is 1.31. The molecular formula is C18H21N3O4S. The third-order valence-electron chi connectivity index (χ3n) is 4.48. The summed E-state index contributed by atoms with van der Waals surface area (Å²) >= 11 is 1.50. The van der Waals surface area contributed by atoms with E-state index in [4.69, 9.17) is 19.9 Å². The van der Waals surface area contributed by atoms with Crippen LogP contribution < -0.4 is 5.73 Å². The van der Waals surface area contributed by atoms with Crippen LogP contribution in [-0.4, -0.2) is 44.3 Å². The zero-order chi connectivity index (χ0) is 18.7. The summed E-state index contributed by atoms with van der Waals surface area (Å²) in [6, 6.07) is 4.11. The molecule has 0 radical (unpaired) electrons. The van der Waals surface area contributed by atoms with E-state index in [0.29, 0.717) is 11.3 Å². The molecule has 2 N–H and O–H groups in total. The quantitative estimate of drug-likeness (QED) is 0.802. The van der Waals surface area contributed by atoms with E-state index < -0.39 is 11.9 Å². The number of allylic oxidation sites excluding steroid dienone is 2. The van der Waals surface area contributed by atoms with Gasteiger partial charge in [-0.15, -0.1) is 11.3 Å². The minimum atomic E-state index is -0.565. The molecular weight excluding hydrogens is 354 g/mol. The Bertz CT molecular complexity index is 800. The Morgan fingerprint density at radius 1 is 1.50 bits per heavy atom.